The van der Waals surface area contributed by atoms with Crippen molar-refractivity contribution in [2.24, 2.45) is 5.92 Å². The summed E-state index contributed by atoms with van der Waals surface area (Å²) in [5.74, 6) is -0.614. The van der Waals surface area contributed by atoms with Crippen molar-refractivity contribution in [3.63, 3.8) is 0 Å². The molecule has 1 fully saturated rings. The zero-order valence-corrected chi connectivity index (χ0v) is 13.5. The third-order valence-electron chi connectivity index (χ3n) is 4.32. The fraction of sp³-hybridized carbons (Fsp3) is 0.625. The van der Waals surface area contributed by atoms with E-state index in [4.69, 9.17) is 0 Å². The van der Waals surface area contributed by atoms with Crippen molar-refractivity contribution in [1.82, 2.24) is 5.32 Å². The molecule has 0 aromatic heterocycles. The van der Waals surface area contributed by atoms with Crippen LogP contribution in [-0.2, 0) is 0 Å². The molecule has 112 valence electrons. The molecule has 0 bridgehead atoms. The molecule has 1 aliphatic rings. The highest BCUT2D eigenvalue weighted by Gasteiger charge is 2.28. The zero-order chi connectivity index (χ0) is 14.5. The second kappa shape index (κ2) is 7.51. The van der Waals surface area contributed by atoms with Gasteiger partial charge < -0.3 is 5.32 Å². The lowest BCUT2D eigenvalue weighted by molar-refractivity contribution is 0.287. The van der Waals surface area contributed by atoms with Crippen LogP contribution in [0.5, 0.6) is 0 Å². The van der Waals surface area contributed by atoms with E-state index < -0.39 is 11.6 Å². The second-order valence-corrected chi connectivity index (χ2v) is 6.48. The molecule has 0 heterocycles. The van der Waals surface area contributed by atoms with E-state index in [0.29, 0.717) is 10.4 Å². The number of benzene rings is 1. The number of halogens is 3. The van der Waals surface area contributed by atoms with Crippen molar-refractivity contribution in [3.05, 3.63) is 33.8 Å². The van der Waals surface area contributed by atoms with Gasteiger partial charge in [-0.2, -0.15) is 0 Å². The molecule has 1 aromatic rings. The Kier molecular flexibility index (Phi) is 5.97. The van der Waals surface area contributed by atoms with Crippen LogP contribution >= 0.6 is 15.9 Å². The fourth-order valence-corrected chi connectivity index (χ4v) is 3.61. The highest BCUT2D eigenvalue weighted by molar-refractivity contribution is 9.10. The molecule has 1 saturated carbocycles. The van der Waals surface area contributed by atoms with E-state index in [1.54, 1.807) is 7.05 Å². The van der Waals surface area contributed by atoms with Crippen LogP contribution in [0.25, 0.3) is 0 Å². The van der Waals surface area contributed by atoms with Gasteiger partial charge in [0.1, 0.15) is 11.6 Å². The van der Waals surface area contributed by atoms with Crippen LogP contribution in [0.15, 0.2) is 16.6 Å². The van der Waals surface area contributed by atoms with E-state index in [2.05, 4.69) is 21.2 Å². The van der Waals surface area contributed by atoms with Crippen molar-refractivity contribution in [2.45, 2.75) is 51.0 Å². The Morgan fingerprint density at radius 2 is 1.70 bits per heavy atom. The Hall–Kier alpha value is -0.480. The summed E-state index contributed by atoms with van der Waals surface area (Å²) in [5, 5.41) is 3.14. The first-order chi connectivity index (χ1) is 9.65. The van der Waals surface area contributed by atoms with E-state index in [-0.39, 0.29) is 11.6 Å². The molecule has 20 heavy (non-hydrogen) atoms. The number of rotatable bonds is 3. The normalized spacial score (nSPS) is 19.4. The summed E-state index contributed by atoms with van der Waals surface area (Å²) in [5.41, 5.74) is 0.187. The molecule has 0 radical (unpaired) electrons. The quantitative estimate of drug-likeness (QED) is 0.728. The van der Waals surface area contributed by atoms with Crippen molar-refractivity contribution in [1.29, 1.82) is 0 Å². The third-order valence-corrected chi connectivity index (χ3v) is 4.94. The van der Waals surface area contributed by atoms with Gasteiger partial charge in [0.2, 0.25) is 0 Å². The van der Waals surface area contributed by atoms with E-state index in [9.17, 15) is 8.78 Å². The lowest BCUT2D eigenvalue weighted by Crippen LogP contribution is -2.28. The number of nitrogens with one attached hydrogen (secondary N) is 1. The average molecular weight is 346 g/mol. The maximum absolute atomic E-state index is 14.3. The summed E-state index contributed by atoms with van der Waals surface area (Å²) >= 11 is 3.16. The summed E-state index contributed by atoms with van der Waals surface area (Å²) in [7, 11) is 1.79. The smallest absolute Gasteiger partial charge is 0.145 e. The molecule has 1 aromatic carbocycles. The number of hydrogen-bond donors (Lipinski definition) is 1. The molecule has 1 aliphatic carbocycles. The van der Waals surface area contributed by atoms with Crippen molar-refractivity contribution >= 4 is 15.9 Å². The first kappa shape index (κ1) is 15.9. The lowest BCUT2D eigenvalue weighted by atomic mass is 9.82. The summed E-state index contributed by atoms with van der Waals surface area (Å²) in [6, 6.07) is 2.53. The summed E-state index contributed by atoms with van der Waals surface area (Å²) in [6.07, 6.45) is 8.14. The highest BCUT2D eigenvalue weighted by atomic mass is 79.9. The minimum Gasteiger partial charge on any atom is -0.313 e. The van der Waals surface area contributed by atoms with Crippen LogP contribution in [0.1, 0.15) is 56.6 Å². The summed E-state index contributed by atoms with van der Waals surface area (Å²) in [4.78, 5) is 0. The third kappa shape index (κ3) is 3.59. The molecular formula is C16H22BrF2N. The average Bonchev–Trinajstić information content (AvgIpc) is 2.40. The van der Waals surface area contributed by atoms with E-state index in [1.165, 1.54) is 31.4 Å². The highest BCUT2D eigenvalue weighted by Crippen LogP contribution is 2.36. The molecule has 1 atom stereocenters. The lowest BCUT2D eigenvalue weighted by Gasteiger charge is -2.29. The molecule has 4 heteroatoms. The van der Waals surface area contributed by atoms with Crippen molar-refractivity contribution in [3.8, 4) is 0 Å². The van der Waals surface area contributed by atoms with Crippen molar-refractivity contribution in [2.75, 3.05) is 7.05 Å². The Labute approximate surface area is 128 Å². The van der Waals surface area contributed by atoms with E-state index >= 15 is 0 Å². The molecule has 2 rings (SSSR count). The van der Waals surface area contributed by atoms with Crippen LogP contribution < -0.4 is 5.32 Å². The van der Waals surface area contributed by atoms with Gasteiger partial charge in [-0.1, -0.05) is 32.1 Å². The standard InChI is InChI=1S/C16H22BrF2N/c1-20-16(11-7-5-3-2-4-6-8-11)14-13(18)10-9-12(17)15(14)19/h9-11,16,20H,2-8H2,1H3. The largest absolute Gasteiger partial charge is 0.313 e. The second-order valence-electron chi connectivity index (χ2n) is 5.63. The van der Waals surface area contributed by atoms with Gasteiger partial charge in [0.25, 0.3) is 0 Å². The predicted molar refractivity (Wildman–Crippen MR) is 81.7 cm³/mol. The summed E-state index contributed by atoms with van der Waals surface area (Å²) < 4.78 is 28.7. The Morgan fingerprint density at radius 1 is 1.10 bits per heavy atom. The first-order valence-electron chi connectivity index (χ1n) is 7.45. The van der Waals surface area contributed by atoms with E-state index in [0.717, 1.165) is 25.7 Å². The Balaban J connectivity index is 2.28. The van der Waals surface area contributed by atoms with Gasteiger partial charge in [-0.3, -0.25) is 0 Å². The number of hydrogen-bond acceptors (Lipinski definition) is 1. The van der Waals surface area contributed by atoms with Gasteiger partial charge in [0.05, 0.1) is 4.47 Å². The molecule has 1 unspecified atom stereocenters. The maximum Gasteiger partial charge on any atom is 0.145 e. The van der Waals surface area contributed by atoms with Gasteiger partial charge in [0.15, 0.2) is 0 Å². The minimum absolute atomic E-state index is 0.187. The van der Waals surface area contributed by atoms with Crippen LogP contribution in [-0.4, -0.2) is 7.05 Å². The van der Waals surface area contributed by atoms with Gasteiger partial charge in [-0.15, -0.1) is 0 Å². The molecule has 0 amide bonds. The molecular weight excluding hydrogens is 324 g/mol. The van der Waals surface area contributed by atoms with Gasteiger partial charge in [-0.05, 0) is 53.9 Å². The van der Waals surface area contributed by atoms with Gasteiger partial charge in [-0.25, -0.2) is 8.78 Å². The minimum atomic E-state index is -0.466. The van der Waals surface area contributed by atoms with Gasteiger partial charge >= 0.3 is 0 Å². The molecule has 0 saturated heterocycles. The molecule has 1 nitrogen and oxygen atoms in total. The van der Waals surface area contributed by atoms with Crippen LogP contribution in [0.3, 0.4) is 0 Å². The summed E-state index contributed by atoms with van der Waals surface area (Å²) in [6.45, 7) is 0. The Bertz CT molecular complexity index is 442. The monoisotopic (exact) mass is 345 g/mol. The van der Waals surface area contributed by atoms with Gasteiger partial charge in [0, 0.05) is 11.6 Å². The van der Waals surface area contributed by atoms with Crippen LogP contribution in [0.4, 0.5) is 8.78 Å². The SMILES string of the molecule is CNC(c1c(F)ccc(Br)c1F)C1CCCCCCC1. The molecule has 0 spiro atoms. The van der Waals surface area contributed by atoms with Crippen molar-refractivity contribution < 1.29 is 8.78 Å². The van der Waals surface area contributed by atoms with E-state index in [1.807, 2.05) is 0 Å². The van der Waals surface area contributed by atoms with Crippen LogP contribution in [0.2, 0.25) is 0 Å². The molecule has 0 aliphatic heterocycles. The molecule has 1 N–H and O–H groups in total. The Morgan fingerprint density at radius 3 is 2.30 bits per heavy atom. The van der Waals surface area contributed by atoms with Crippen LogP contribution in [0, 0.1) is 17.6 Å². The topological polar surface area (TPSA) is 12.0 Å². The predicted octanol–water partition coefficient (Wildman–Crippen LogP) is 5.35. The first-order valence-corrected chi connectivity index (χ1v) is 8.25. The fourth-order valence-electron chi connectivity index (χ4n) is 3.26. The zero-order valence-electron chi connectivity index (χ0n) is 11.9. The maximum atomic E-state index is 14.3.